The van der Waals surface area contributed by atoms with Crippen molar-refractivity contribution in [2.45, 2.75) is 61.5 Å². The van der Waals surface area contributed by atoms with Gasteiger partial charge in [-0.1, -0.05) is 61.2 Å². The van der Waals surface area contributed by atoms with Gasteiger partial charge in [-0.15, -0.1) is 11.8 Å². The lowest BCUT2D eigenvalue weighted by molar-refractivity contribution is -0.136. The fourth-order valence-electron chi connectivity index (χ4n) is 3.62. The summed E-state index contributed by atoms with van der Waals surface area (Å²) < 4.78 is 0. The molecular weight excluding hydrogens is 356 g/mol. The number of carboxylic acid groups (broad SMARTS) is 1. The number of carbonyl (C=O) groups excluding carboxylic acids is 1. The lowest BCUT2D eigenvalue weighted by Gasteiger charge is -2.22. The van der Waals surface area contributed by atoms with Crippen molar-refractivity contribution in [2.24, 2.45) is 0 Å². The van der Waals surface area contributed by atoms with Crippen LogP contribution in [0.3, 0.4) is 0 Å². The zero-order chi connectivity index (χ0) is 19.2. The van der Waals surface area contributed by atoms with E-state index in [1.54, 1.807) is 0 Å². The number of rotatable bonds is 7. The first-order valence-corrected chi connectivity index (χ1v) is 10.5. The molecule has 2 aromatic carbocycles. The second-order valence-corrected chi connectivity index (χ2v) is 8.62. The highest BCUT2D eigenvalue weighted by Gasteiger charge is 2.23. The Balaban J connectivity index is 1.64. The van der Waals surface area contributed by atoms with Crippen molar-refractivity contribution in [3.63, 3.8) is 0 Å². The van der Waals surface area contributed by atoms with Crippen LogP contribution in [0, 0.1) is 6.92 Å². The Morgan fingerprint density at radius 2 is 1.63 bits per heavy atom. The van der Waals surface area contributed by atoms with Crippen LogP contribution in [-0.2, 0) is 4.79 Å². The van der Waals surface area contributed by atoms with E-state index in [1.165, 1.54) is 49.4 Å². The monoisotopic (exact) mass is 382 g/mol. The van der Waals surface area contributed by atoms with Gasteiger partial charge in [0.05, 0.1) is 0 Å². The maximum absolute atomic E-state index is 12.6. The summed E-state index contributed by atoms with van der Waals surface area (Å²) in [4.78, 5) is 25.1. The van der Waals surface area contributed by atoms with E-state index in [1.807, 2.05) is 55.5 Å². The first-order valence-electron chi connectivity index (χ1n) is 9.62. The van der Waals surface area contributed by atoms with E-state index in [2.05, 4.69) is 0 Å². The molecule has 2 aromatic rings. The maximum Gasteiger partial charge on any atom is 0.317 e. The zero-order valence-electron chi connectivity index (χ0n) is 15.7. The number of carboxylic acids is 1. The molecule has 0 heterocycles. The van der Waals surface area contributed by atoms with Crippen molar-refractivity contribution in [1.29, 1.82) is 0 Å². The highest BCUT2D eigenvalue weighted by Crippen LogP contribution is 2.33. The Morgan fingerprint density at radius 1 is 1.00 bits per heavy atom. The number of ketones is 1. The number of hydrogen-bond acceptors (Lipinski definition) is 3. The minimum atomic E-state index is -0.951. The molecule has 1 aliphatic carbocycles. The summed E-state index contributed by atoms with van der Waals surface area (Å²) in [6.07, 6.45) is 6.33. The van der Waals surface area contributed by atoms with Crippen LogP contribution < -0.4 is 0 Å². The maximum atomic E-state index is 12.6. The summed E-state index contributed by atoms with van der Waals surface area (Å²) in [5, 5.41) is 8.75. The van der Waals surface area contributed by atoms with E-state index in [0.717, 1.165) is 10.5 Å². The summed E-state index contributed by atoms with van der Waals surface area (Å²) in [5.74, 6) is -0.461. The predicted molar refractivity (Wildman–Crippen MR) is 110 cm³/mol. The normalized spacial score (nSPS) is 16.0. The summed E-state index contributed by atoms with van der Waals surface area (Å²) in [6, 6.07) is 15.5. The highest BCUT2D eigenvalue weighted by molar-refractivity contribution is 8.00. The number of thioether (sulfide) groups is 1. The van der Waals surface area contributed by atoms with Crippen LogP contribution in [0.15, 0.2) is 53.4 Å². The molecule has 0 amide bonds. The average molecular weight is 383 g/mol. The minimum absolute atomic E-state index is 0.00332. The summed E-state index contributed by atoms with van der Waals surface area (Å²) in [5.41, 5.74) is 3.03. The van der Waals surface area contributed by atoms with Crippen molar-refractivity contribution in [1.82, 2.24) is 0 Å². The number of hydrogen-bond donors (Lipinski definition) is 1. The molecule has 0 saturated heterocycles. The third kappa shape index (κ3) is 5.46. The molecule has 1 aliphatic rings. The van der Waals surface area contributed by atoms with E-state index >= 15 is 0 Å². The Hall–Kier alpha value is -2.07. The van der Waals surface area contributed by atoms with Crippen molar-refractivity contribution < 1.29 is 14.7 Å². The summed E-state index contributed by atoms with van der Waals surface area (Å²) >= 11 is 1.23. The van der Waals surface area contributed by atoms with Crippen LogP contribution in [0.25, 0.3) is 0 Å². The number of aliphatic carboxylic acids is 1. The highest BCUT2D eigenvalue weighted by atomic mass is 32.2. The number of carbonyl (C=O) groups is 2. The second kappa shape index (κ2) is 9.23. The number of aryl methyl sites for hydroxylation is 1. The van der Waals surface area contributed by atoms with Gasteiger partial charge in [0.15, 0.2) is 5.78 Å². The molecule has 0 spiro atoms. The number of Topliss-reactive ketones (excluding diaryl/α,β-unsaturated/α-hetero) is 1. The zero-order valence-corrected chi connectivity index (χ0v) is 16.5. The lowest BCUT2D eigenvalue weighted by Crippen LogP contribution is -2.20. The minimum Gasteiger partial charge on any atom is -0.480 e. The van der Waals surface area contributed by atoms with Crippen LogP contribution in [0.5, 0.6) is 0 Å². The first-order chi connectivity index (χ1) is 13.0. The van der Waals surface area contributed by atoms with Crippen LogP contribution in [-0.4, -0.2) is 22.1 Å². The molecular formula is C23H26O3S. The Morgan fingerprint density at radius 3 is 2.22 bits per heavy atom. The van der Waals surface area contributed by atoms with E-state index in [9.17, 15) is 14.7 Å². The fourth-order valence-corrected chi connectivity index (χ4v) is 4.58. The van der Waals surface area contributed by atoms with E-state index in [0.29, 0.717) is 11.5 Å². The van der Waals surface area contributed by atoms with Gasteiger partial charge in [-0.3, -0.25) is 9.59 Å². The van der Waals surface area contributed by atoms with Crippen LogP contribution in [0.1, 0.15) is 65.9 Å². The summed E-state index contributed by atoms with van der Waals surface area (Å²) in [7, 11) is 0. The van der Waals surface area contributed by atoms with Crippen LogP contribution >= 0.6 is 11.8 Å². The van der Waals surface area contributed by atoms with Gasteiger partial charge in [-0.2, -0.15) is 0 Å². The van der Waals surface area contributed by atoms with Crippen LogP contribution in [0.4, 0.5) is 0 Å². The quantitative estimate of drug-likeness (QED) is 0.481. The molecule has 1 fully saturated rings. The second-order valence-electron chi connectivity index (χ2n) is 7.34. The molecule has 0 radical (unpaired) electrons. The molecule has 3 rings (SSSR count). The van der Waals surface area contributed by atoms with Crippen molar-refractivity contribution in [3.05, 3.63) is 65.2 Å². The van der Waals surface area contributed by atoms with Gasteiger partial charge in [0.2, 0.25) is 0 Å². The average Bonchev–Trinajstić information content (AvgIpc) is 2.69. The third-order valence-corrected chi connectivity index (χ3v) is 6.45. The summed E-state index contributed by atoms with van der Waals surface area (Å²) in [6.45, 7) is 1.99. The fraction of sp³-hybridized carbons (Fsp3) is 0.391. The Labute approximate surface area is 165 Å². The van der Waals surface area contributed by atoms with Crippen molar-refractivity contribution in [3.8, 4) is 0 Å². The standard InChI is InChI=1S/C23H26O3S/c1-16-7-13-20(14-8-16)27-22(23(25)26)15-21(24)19-11-9-18(10-12-19)17-5-3-2-4-6-17/h7-14,17,22H,2-6,15H2,1H3,(H,25,26)/t22-/m1/s1. The molecule has 0 unspecified atom stereocenters. The molecule has 4 heteroatoms. The first kappa shape index (κ1) is 19.7. The topological polar surface area (TPSA) is 54.4 Å². The van der Waals surface area contributed by atoms with Gasteiger partial charge in [-0.25, -0.2) is 0 Å². The molecule has 0 aromatic heterocycles. The van der Waals surface area contributed by atoms with Gasteiger partial charge < -0.3 is 5.11 Å². The molecule has 1 atom stereocenters. The van der Waals surface area contributed by atoms with Gasteiger partial charge in [-0.05, 0) is 43.4 Å². The van der Waals surface area contributed by atoms with Crippen molar-refractivity contribution in [2.75, 3.05) is 0 Å². The van der Waals surface area contributed by atoms with Gasteiger partial charge in [0, 0.05) is 16.9 Å². The molecule has 1 N–H and O–H groups in total. The van der Waals surface area contributed by atoms with E-state index < -0.39 is 11.2 Å². The molecule has 3 nitrogen and oxygen atoms in total. The predicted octanol–water partition coefficient (Wildman–Crippen LogP) is 5.86. The smallest absolute Gasteiger partial charge is 0.317 e. The third-order valence-electron chi connectivity index (χ3n) is 5.25. The van der Waals surface area contributed by atoms with Gasteiger partial charge in [0.1, 0.15) is 5.25 Å². The van der Waals surface area contributed by atoms with Crippen LogP contribution in [0.2, 0.25) is 0 Å². The SMILES string of the molecule is Cc1ccc(S[C@H](CC(=O)c2ccc(C3CCCCC3)cc2)C(=O)O)cc1. The largest absolute Gasteiger partial charge is 0.480 e. The Bertz CT molecular complexity index is 774. The van der Waals surface area contributed by atoms with Gasteiger partial charge >= 0.3 is 5.97 Å². The molecule has 0 aliphatic heterocycles. The molecule has 0 bridgehead atoms. The van der Waals surface area contributed by atoms with Gasteiger partial charge in [0.25, 0.3) is 0 Å². The molecule has 142 valence electrons. The van der Waals surface area contributed by atoms with E-state index in [4.69, 9.17) is 0 Å². The lowest BCUT2D eigenvalue weighted by atomic mass is 9.84. The molecule has 1 saturated carbocycles. The van der Waals surface area contributed by atoms with E-state index in [-0.39, 0.29) is 12.2 Å². The Kier molecular flexibility index (Phi) is 6.73. The van der Waals surface area contributed by atoms with Crippen molar-refractivity contribution >= 4 is 23.5 Å². The number of benzene rings is 2. The molecule has 27 heavy (non-hydrogen) atoms.